The fourth-order valence-corrected chi connectivity index (χ4v) is 3.92. The Kier molecular flexibility index (Phi) is 6.14. The first kappa shape index (κ1) is 18.4. The lowest BCUT2D eigenvalue weighted by atomic mass is 10.00. The highest BCUT2D eigenvalue weighted by Crippen LogP contribution is 2.25. The fraction of sp³-hybridized carbons (Fsp3) is 0.706. The van der Waals surface area contributed by atoms with Gasteiger partial charge >= 0.3 is 0 Å². The number of aromatic nitrogens is 2. The van der Waals surface area contributed by atoms with Gasteiger partial charge in [-0.1, -0.05) is 11.8 Å². The first-order valence-electron chi connectivity index (χ1n) is 8.76. The van der Waals surface area contributed by atoms with Crippen LogP contribution in [-0.4, -0.2) is 59.1 Å². The highest BCUT2D eigenvalue weighted by Gasteiger charge is 2.35. The molecule has 7 nitrogen and oxygen atoms in total. The molecular weight excluding hydrogens is 342 g/mol. The van der Waals surface area contributed by atoms with Crippen LogP contribution in [0.2, 0.25) is 0 Å². The van der Waals surface area contributed by atoms with Crippen molar-refractivity contribution >= 4 is 17.7 Å². The number of ether oxygens (including phenoxy) is 2. The van der Waals surface area contributed by atoms with Gasteiger partial charge in [0.1, 0.15) is 0 Å². The zero-order valence-electron chi connectivity index (χ0n) is 14.7. The van der Waals surface area contributed by atoms with E-state index in [0.717, 1.165) is 25.8 Å². The third kappa shape index (κ3) is 4.24. The van der Waals surface area contributed by atoms with Gasteiger partial charge in [-0.25, -0.2) is 4.98 Å². The molecular formula is C17H25N3O4S. The van der Waals surface area contributed by atoms with E-state index in [1.54, 1.807) is 0 Å². The molecule has 2 aliphatic heterocycles. The van der Waals surface area contributed by atoms with E-state index in [2.05, 4.69) is 9.97 Å². The maximum atomic E-state index is 12.8. The van der Waals surface area contributed by atoms with Crippen molar-refractivity contribution in [3.63, 3.8) is 0 Å². The van der Waals surface area contributed by atoms with E-state index >= 15 is 0 Å². The molecule has 0 radical (unpaired) electrons. The van der Waals surface area contributed by atoms with E-state index in [9.17, 15) is 9.59 Å². The first-order valence-corrected chi connectivity index (χ1v) is 9.99. The third-order valence-electron chi connectivity index (χ3n) is 4.81. The minimum absolute atomic E-state index is 0.0138. The summed E-state index contributed by atoms with van der Waals surface area (Å²) in [5.41, 5.74) is 1.13. The van der Waals surface area contributed by atoms with Gasteiger partial charge in [-0.15, -0.1) is 0 Å². The molecule has 0 aliphatic carbocycles. The summed E-state index contributed by atoms with van der Waals surface area (Å²) in [6.07, 6.45) is 5.24. The number of piperidine rings is 1. The lowest BCUT2D eigenvalue weighted by molar-refractivity contribution is -0.150. The SMILES string of the molecule is CSc1nc(C)c(CCC(=O)N2CCCCC2C2OCCO2)c(=O)[nH]1. The highest BCUT2D eigenvalue weighted by atomic mass is 32.2. The van der Waals surface area contributed by atoms with Crippen LogP contribution in [0, 0.1) is 6.92 Å². The predicted molar refractivity (Wildman–Crippen MR) is 94.7 cm³/mol. The maximum absolute atomic E-state index is 12.8. The molecule has 0 saturated carbocycles. The second-order valence-corrected chi connectivity index (χ2v) is 7.19. The van der Waals surface area contributed by atoms with E-state index in [0.29, 0.717) is 42.5 Å². The zero-order valence-corrected chi connectivity index (χ0v) is 15.6. The van der Waals surface area contributed by atoms with Crippen LogP contribution in [-0.2, 0) is 20.7 Å². The molecule has 3 rings (SSSR count). The van der Waals surface area contributed by atoms with Crippen LogP contribution in [0.3, 0.4) is 0 Å². The molecule has 3 heterocycles. The van der Waals surface area contributed by atoms with Crippen molar-refractivity contribution < 1.29 is 14.3 Å². The molecule has 8 heteroatoms. The third-order valence-corrected chi connectivity index (χ3v) is 5.39. The van der Waals surface area contributed by atoms with Crippen LogP contribution >= 0.6 is 11.8 Å². The maximum Gasteiger partial charge on any atom is 0.254 e. The molecule has 138 valence electrons. The van der Waals surface area contributed by atoms with E-state index in [1.807, 2.05) is 18.1 Å². The van der Waals surface area contributed by atoms with Crippen molar-refractivity contribution in [3.8, 4) is 0 Å². The topological polar surface area (TPSA) is 84.5 Å². The van der Waals surface area contributed by atoms with Gasteiger partial charge in [-0.3, -0.25) is 9.59 Å². The van der Waals surface area contributed by atoms with Crippen molar-refractivity contribution in [3.05, 3.63) is 21.6 Å². The normalized spacial score (nSPS) is 21.7. The minimum Gasteiger partial charge on any atom is -0.348 e. The quantitative estimate of drug-likeness (QED) is 0.627. The van der Waals surface area contributed by atoms with Gasteiger partial charge in [0.25, 0.3) is 5.56 Å². The number of nitrogens with zero attached hydrogens (tertiary/aromatic N) is 2. The van der Waals surface area contributed by atoms with Crippen LogP contribution in [0.25, 0.3) is 0 Å². The van der Waals surface area contributed by atoms with Gasteiger partial charge < -0.3 is 19.4 Å². The van der Waals surface area contributed by atoms with Crippen molar-refractivity contribution in [2.24, 2.45) is 0 Å². The number of amides is 1. The number of thioether (sulfide) groups is 1. The standard InChI is InChI=1S/C17H25N3O4S/c1-11-12(15(22)19-17(18-11)25-2)6-7-14(21)20-8-4-3-5-13(20)16-23-9-10-24-16/h13,16H,3-10H2,1-2H3,(H,18,19,22). The molecule has 1 N–H and O–H groups in total. The second-order valence-electron chi connectivity index (χ2n) is 6.40. The summed E-state index contributed by atoms with van der Waals surface area (Å²) in [7, 11) is 0. The number of hydrogen-bond donors (Lipinski definition) is 1. The lowest BCUT2D eigenvalue weighted by Gasteiger charge is -2.38. The van der Waals surface area contributed by atoms with E-state index < -0.39 is 0 Å². The summed E-state index contributed by atoms with van der Waals surface area (Å²) in [6.45, 7) is 3.72. The van der Waals surface area contributed by atoms with Crippen LogP contribution in [0.15, 0.2) is 9.95 Å². The Morgan fingerprint density at radius 1 is 1.36 bits per heavy atom. The largest absolute Gasteiger partial charge is 0.348 e. The van der Waals surface area contributed by atoms with Crippen molar-refractivity contribution in [1.29, 1.82) is 0 Å². The Balaban J connectivity index is 1.66. The Hall–Kier alpha value is -1.38. The average Bonchev–Trinajstić information content (AvgIpc) is 3.15. The summed E-state index contributed by atoms with van der Waals surface area (Å²) in [4.78, 5) is 34.0. The number of nitrogens with one attached hydrogen (secondary N) is 1. The number of H-pyrrole nitrogens is 1. The predicted octanol–water partition coefficient (Wildman–Crippen LogP) is 1.49. The monoisotopic (exact) mass is 367 g/mol. The summed E-state index contributed by atoms with van der Waals surface area (Å²) < 4.78 is 11.2. The Bertz CT molecular complexity index is 672. The van der Waals surface area contributed by atoms with E-state index in [1.165, 1.54) is 11.8 Å². The smallest absolute Gasteiger partial charge is 0.254 e. The lowest BCUT2D eigenvalue weighted by Crippen LogP contribution is -2.50. The molecule has 1 amide bonds. The van der Waals surface area contributed by atoms with Crippen molar-refractivity contribution in [1.82, 2.24) is 14.9 Å². The molecule has 1 atom stereocenters. The van der Waals surface area contributed by atoms with Crippen LogP contribution in [0.4, 0.5) is 0 Å². The Labute approximate surface area is 151 Å². The number of rotatable bonds is 5. The number of carbonyl (C=O) groups excluding carboxylic acids is 1. The van der Waals surface area contributed by atoms with Crippen LogP contribution in [0.5, 0.6) is 0 Å². The zero-order chi connectivity index (χ0) is 17.8. The van der Waals surface area contributed by atoms with Gasteiger partial charge in [0.05, 0.1) is 19.3 Å². The summed E-state index contributed by atoms with van der Waals surface area (Å²) in [5, 5.41) is 0.601. The average molecular weight is 367 g/mol. The van der Waals surface area contributed by atoms with Gasteiger partial charge in [0.2, 0.25) is 5.91 Å². The number of hydrogen-bond acceptors (Lipinski definition) is 6. The van der Waals surface area contributed by atoms with Crippen LogP contribution < -0.4 is 5.56 Å². The molecule has 0 aromatic carbocycles. The molecule has 1 aromatic heterocycles. The van der Waals surface area contributed by atoms with E-state index in [-0.39, 0.29) is 23.8 Å². The Morgan fingerprint density at radius 3 is 2.80 bits per heavy atom. The molecule has 2 saturated heterocycles. The second kappa shape index (κ2) is 8.33. The van der Waals surface area contributed by atoms with Gasteiger partial charge in [-0.05, 0) is 38.9 Å². The number of likely N-dealkylation sites (tertiary alicyclic amines) is 1. The number of aromatic amines is 1. The minimum atomic E-state index is -0.308. The summed E-state index contributed by atoms with van der Waals surface area (Å²) in [5.74, 6) is 0.0524. The van der Waals surface area contributed by atoms with Gasteiger partial charge in [0.15, 0.2) is 11.4 Å². The first-order chi connectivity index (χ1) is 12.1. The van der Waals surface area contributed by atoms with Crippen molar-refractivity contribution in [2.75, 3.05) is 26.0 Å². The molecule has 2 fully saturated rings. The number of aryl methyl sites for hydroxylation is 1. The van der Waals surface area contributed by atoms with E-state index in [4.69, 9.17) is 9.47 Å². The van der Waals surface area contributed by atoms with Crippen molar-refractivity contribution in [2.45, 2.75) is 56.5 Å². The summed E-state index contributed by atoms with van der Waals surface area (Å²) in [6, 6.07) is -0.0138. The molecule has 2 aliphatic rings. The number of carbonyl (C=O) groups is 1. The molecule has 1 aromatic rings. The molecule has 0 bridgehead atoms. The molecule has 0 spiro atoms. The Morgan fingerprint density at radius 2 is 2.12 bits per heavy atom. The molecule has 1 unspecified atom stereocenters. The highest BCUT2D eigenvalue weighted by molar-refractivity contribution is 7.98. The fourth-order valence-electron chi connectivity index (χ4n) is 3.50. The summed E-state index contributed by atoms with van der Waals surface area (Å²) >= 11 is 1.40. The van der Waals surface area contributed by atoms with Gasteiger partial charge in [0, 0.05) is 24.2 Å². The molecule has 25 heavy (non-hydrogen) atoms. The van der Waals surface area contributed by atoms with Gasteiger partial charge in [-0.2, -0.15) is 0 Å². The van der Waals surface area contributed by atoms with Crippen LogP contribution in [0.1, 0.15) is 36.9 Å².